The molecule has 4 heteroatoms. The van der Waals surface area contributed by atoms with Gasteiger partial charge in [-0.1, -0.05) is 0 Å². The molecule has 1 fully saturated rings. The van der Waals surface area contributed by atoms with Crippen LogP contribution in [0.5, 0.6) is 0 Å². The topological polar surface area (TPSA) is 20.3 Å². The van der Waals surface area contributed by atoms with Crippen molar-refractivity contribution in [2.24, 2.45) is 0 Å². The molecule has 2 nitrogen and oxygen atoms in total. The molecule has 0 aromatic rings. The summed E-state index contributed by atoms with van der Waals surface area (Å²) in [7, 11) is 0. The first-order valence-electron chi connectivity index (χ1n) is 6.93. The molecule has 17 heavy (non-hydrogen) atoms. The molecule has 0 aromatic carbocycles. The molecule has 1 heterocycles. The molecule has 1 amide bonds. The number of hydrogen-bond acceptors (Lipinski definition) is 1. The molecule has 0 bridgehead atoms. The normalized spacial score (nSPS) is 18.6. The predicted octanol–water partition coefficient (Wildman–Crippen LogP) is 3.58. The summed E-state index contributed by atoms with van der Waals surface area (Å²) in [5.41, 5.74) is 0. The number of rotatable bonds is 3. The SMILES string of the molecule is [CH3][Ge]([CH3])([CH3])[CH](C(=O)N1CCCCC1)[Ge]([CH3])([CH3])[CH3]. The van der Waals surface area contributed by atoms with Gasteiger partial charge in [-0.05, 0) is 0 Å². The van der Waals surface area contributed by atoms with Gasteiger partial charge in [0.2, 0.25) is 0 Å². The van der Waals surface area contributed by atoms with E-state index in [0.29, 0.717) is 9.49 Å². The molecule has 0 spiro atoms. The van der Waals surface area contributed by atoms with Gasteiger partial charge >= 0.3 is 113 Å². The number of piperidine rings is 1. The van der Waals surface area contributed by atoms with E-state index in [0.717, 1.165) is 13.1 Å². The van der Waals surface area contributed by atoms with E-state index in [1.54, 1.807) is 0 Å². The zero-order chi connectivity index (χ0) is 13.3. The number of carbonyl (C=O) groups is 1. The molecular formula is C13H29Ge2NO. The van der Waals surface area contributed by atoms with Crippen LogP contribution in [0.15, 0.2) is 0 Å². The standard InChI is InChI=1S/C13H29Ge2NO/c1-14(2,3)12(15(4,5)6)13(17)16-10-8-7-9-11-16/h12H,7-11H2,1-6H3. The Morgan fingerprint density at radius 1 is 0.882 bits per heavy atom. The molecule has 0 aliphatic carbocycles. The van der Waals surface area contributed by atoms with Crippen molar-refractivity contribution in [1.82, 2.24) is 4.90 Å². The van der Waals surface area contributed by atoms with E-state index >= 15 is 0 Å². The maximum absolute atomic E-state index is 12.8. The molecule has 1 rings (SSSR count). The Labute approximate surface area is 112 Å². The van der Waals surface area contributed by atoms with Gasteiger partial charge in [0.05, 0.1) is 0 Å². The Morgan fingerprint density at radius 2 is 1.29 bits per heavy atom. The third-order valence-corrected chi connectivity index (χ3v) is 30.8. The van der Waals surface area contributed by atoms with Crippen LogP contribution in [0.4, 0.5) is 0 Å². The average molecular weight is 361 g/mol. The van der Waals surface area contributed by atoms with Crippen molar-refractivity contribution in [3.8, 4) is 0 Å². The van der Waals surface area contributed by atoms with Crippen molar-refractivity contribution in [3.63, 3.8) is 0 Å². The van der Waals surface area contributed by atoms with Crippen molar-refractivity contribution < 1.29 is 4.79 Å². The van der Waals surface area contributed by atoms with Gasteiger partial charge in [0.25, 0.3) is 0 Å². The molecule has 0 saturated carbocycles. The van der Waals surface area contributed by atoms with Gasteiger partial charge in [-0.25, -0.2) is 0 Å². The number of amides is 1. The molecule has 0 unspecified atom stereocenters. The predicted molar refractivity (Wildman–Crippen MR) is 80.9 cm³/mol. The average Bonchev–Trinajstić information content (AvgIpc) is 2.14. The van der Waals surface area contributed by atoms with E-state index in [-0.39, 0.29) is 0 Å². The third-order valence-electron chi connectivity index (χ3n) is 3.65. The van der Waals surface area contributed by atoms with E-state index in [1.165, 1.54) is 19.3 Å². The van der Waals surface area contributed by atoms with Gasteiger partial charge in [0.15, 0.2) is 0 Å². The molecule has 1 aliphatic rings. The van der Waals surface area contributed by atoms with Crippen molar-refractivity contribution in [2.75, 3.05) is 13.1 Å². The molecule has 0 radical (unpaired) electrons. The second-order valence-corrected chi connectivity index (χ2v) is 32.4. The Kier molecular flexibility index (Phi) is 5.22. The second-order valence-electron chi connectivity index (χ2n) is 7.55. The van der Waals surface area contributed by atoms with Crippen LogP contribution in [-0.4, -0.2) is 50.4 Å². The number of nitrogens with zero attached hydrogens (tertiary/aromatic N) is 1. The first-order valence-corrected chi connectivity index (χ1v) is 21.9. The zero-order valence-corrected chi connectivity index (χ0v) is 16.7. The second kappa shape index (κ2) is 5.68. The number of likely N-dealkylation sites (tertiary alicyclic amines) is 1. The van der Waals surface area contributed by atoms with Crippen LogP contribution in [0, 0.1) is 0 Å². The van der Waals surface area contributed by atoms with E-state index in [9.17, 15) is 4.79 Å². The minimum absolute atomic E-state index is 0.480. The summed E-state index contributed by atoms with van der Waals surface area (Å²) >= 11 is -3.80. The van der Waals surface area contributed by atoms with Gasteiger partial charge < -0.3 is 0 Å². The Balaban J connectivity index is 2.87. The molecular weight excluding hydrogens is 331 g/mol. The van der Waals surface area contributed by atoms with Crippen molar-refractivity contribution >= 4 is 32.4 Å². The minimum atomic E-state index is -1.90. The molecule has 0 atom stereocenters. The third kappa shape index (κ3) is 4.30. The fraction of sp³-hybridized carbons (Fsp3) is 0.923. The summed E-state index contributed by atoms with van der Waals surface area (Å²) in [5, 5.41) is 0. The zero-order valence-electron chi connectivity index (χ0n) is 12.5. The molecule has 0 aromatic heterocycles. The summed E-state index contributed by atoms with van der Waals surface area (Å²) in [5.74, 6) is 15.1. The van der Waals surface area contributed by atoms with Gasteiger partial charge in [-0.15, -0.1) is 0 Å². The van der Waals surface area contributed by atoms with Crippen LogP contribution in [0.2, 0.25) is 38.1 Å². The summed E-state index contributed by atoms with van der Waals surface area (Å²) in [4.78, 5) is 15.0. The van der Waals surface area contributed by atoms with Crippen LogP contribution in [0.1, 0.15) is 19.3 Å². The van der Waals surface area contributed by atoms with E-state index < -0.39 is 26.5 Å². The molecule has 1 aliphatic heterocycles. The van der Waals surface area contributed by atoms with Gasteiger partial charge in [0, 0.05) is 0 Å². The Bertz CT molecular complexity index is 258. The van der Waals surface area contributed by atoms with Gasteiger partial charge in [-0.2, -0.15) is 0 Å². The maximum atomic E-state index is 12.8. The van der Waals surface area contributed by atoms with E-state index in [1.807, 2.05) is 0 Å². The van der Waals surface area contributed by atoms with Crippen molar-refractivity contribution in [3.05, 3.63) is 0 Å². The van der Waals surface area contributed by atoms with Gasteiger partial charge in [0.1, 0.15) is 0 Å². The quantitative estimate of drug-likeness (QED) is 0.705. The van der Waals surface area contributed by atoms with Gasteiger partial charge in [-0.3, -0.25) is 0 Å². The van der Waals surface area contributed by atoms with E-state index in [4.69, 9.17) is 0 Å². The Morgan fingerprint density at radius 3 is 1.65 bits per heavy atom. The van der Waals surface area contributed by atoms with Crippen LogP contribution in [-0.2, 0) is 4.79 Å². The van der Waals surface area contributed by atoms with Crippen LogP contribution in [0.3, 0.4) is 0 Å². The Hall–Kier alpha value is 0.556. The molecule has 100 valence electrons. The summed E-state index contributed by atoms with van der Waals surface area (Å²) < 4.78 is 0.480. The van der Waals surface area contributed by atoms with Crippen LogP contribution in [0.25, 0.3) is 0 Å². The van der Waals surface area contributed by atoms with Crippen molar-refractivity contribution in [2.45, 2.75) is 57.4 Å². The summed E-state index contributed by atoms with van der Waals surface area (Å²) in [6, 6.07) is 0. The first kappa shape index (κ1) is 15.6. The first-order chi connectivity index (χ1) is 7.64. The van der Waals surface area contributed by atoms with Crippen molar-refractivity contribution in [1.29, 1.82) is 0 Å². The van der Waals surface area contributed by atoms with Crippen LogP contribution >= 0.6 is 0 Å². The number of carbonyl (C=O) groups excluding carboxylic acids is 1. The van der Waals surface area contributed by atoms with E-state index in [2.05, 4.69) is 39.4 Å². The number of hydrogen-bond donors (Lipinski definition) is 0. The molecule has 0 N–H and O–H groups in total. The monoisotopic (exact) mass is 363 g/mol. The fourth-order valence-corrected chi connectivity index (χ4v) is 41.0. The van der Waals surface area contributed by atoms with Crippen LogP contribution < -0.4 is 0 Å². The summed E-state index contributed by atoms with van der Waals surface area (Å²) in [6.07, 6.45) is 3.74. The fourth-order valence-electron chi connectivity index (χ4n) is 3.34. The molecule has 1 saturated heterocycles. The summed E-state index contributed by atoms with van der Waals surface area (Å²) in [6.45, 7) is 2.04.